The maximum atomic E-state index is 12.9. The standard InChI is InChI=1S/C23H25N3O/c1-17-8-6-9-18(2)22(17)24-21(27)16-26-15-14-25-13-7-12-20(25)23(26)19-10-4-3-5-11-19/h3-13,23H,14-16H2,1-2H3,(H,24,27). The average molecular weight is 359 g/mol. The first-order valence-electron chi connectivity index (χ1n) is 9.43. The summed E-state index contributed by atoms with van der Waals surface area (Å²) in [6, 6.07) is 20.9. The Morgan fingerprint density at radius 1 is 0.963 bits per heavy atom. The molecule has 0 bridgehead atoms. The molecule has 0 spiro atoms. The zero-order valence-corrected chi connectivity index (χ0v) is 15.9. The molecule has 4 nitrogen and oxygen atoms in total. The Hall–Kier alpha value is -2.85. The van der Waals surface area contributed by atoms with Crippen LogP contribution >= 0.6 is 0 Å². The first kappa shape index (κ1) is 17.6. The van der Waals surface area contributed by atoms with Crippen LogP contribution in [0.1, 0.15) is 28.4 Å². The Balaban J connectivity index is 1.58. The number of para-hydroxylation sites is 1. The minimum atomic E-state index is 0.0355. The van der Waals surface area contributed by atoms with Crippen LogP contribution in [0.4, 0.5) is 5.69 Å². The summed E-state index contributed by atoms with van der Waals surface area (Å²) in [7, 11) is 0. The summed E-state index contributed by atoms with van der Waals surface area (Å²) < 4.78 is 2.29. The van der Waals surface area contributed by atoms with E-state index in [-0.39, 0.29) is 11.9 Å². The number of nitrogens with one attached hydrogen (secondary N) is 1. The van der Waals surface area contributed by atoms with E-state index >= 15 is 0 Å². The van der Waals surface area contributed by atoms with Gasteiger partial charge in [0, 0.05) is 30.7 Å². The second kappa shape index (κ2) is 7.41. The van der Waals surface area contributed by atoms with Crippen molar-refractivity contribution in [1.82, 2.24) is 9.47 Å². The number of fused-ring (bicyclic) bond motifs is 1. The first-order chi connectivity index (χ1) is 13.1. The van der Waals surface area contributed by atoms with Gasteiger partial charge in [0.2, 0.25) is 5.91 Å². The molecule has 0 radical (unpaired) electrons. The van der Waals surface area contributed by atoms with Crippen LogP contribution in [0.3, 0.4) is 0 Å². The van der Waals surface area contributed by atoms with Crippen LogP contribution in [-0.2, 0) is 11.3 Å². The van der Waals surface area contributed by atoms with E-state index in [1.165, 1.54) is 11.3 Å². The molecule has 0 saturated heterocycles. The highest BCUT2D eigenvalue weighted by atomic mass is 16.2. The summed E-state index contributed by atoms with van der Waals surface area (Å²) in [6.07, 6.45) is 2.12. The maximum Gasteiger partial charge on any atom is 0.238 e. The van der Waals surface area contributed by atoms with Crippen molar-refractivity contribution in [1.29, 1.82) is 0 Å². The number of carbonyl (C=O) groups is 1. The van der Waals surface area contributed by atoms with Gasteiger partial charge < -0.3 is 9.88 Å². The zero-order valence-electron chi connectivity index (χ0n) is 15.9. The summed E-state index contributed by atoms with van der Waals surface area (Å²) in [4.78, 5) is 15.1. The Morgan fingerprint density at radius 2 is 1.70 bits per heavy atom. The SMILES string of the molecule is Cc1cccc(C)c1NC(=O)CN1CCn2cccc2C1c1ccccc1. The fourth-order valence-electron chi connectivity index (χ4n) is 3.99. The van der Waals surface area contributed by atoms with E-state index in [4.69, 9.17) is 0 Å². The quantitative estimate of drug-likeness (QED) is 0.760. The topological polar surface area (TPSA) is 37.3 Å². The van der Waals surface area contributed by atoms with Crippen molar-refractivity contribution in [2.24, 2.45) is 0 Å². The molecule has 27 heavy (non-hydrogen) atoms. The minimum Gasteiger partial charge on any atom is -0.348 e. The molecule has 0 aliphatic carbocycles. The molecule has 4 heteroatoms. The van der Waals surface area contributed by atoms with Crippen LogP contribution in [0, 0.1) is 13.8 Å². The molecule has 1 atom stereocenters. The third-order valence-corrected chi connectivity index (χ3v) is 5.35. The largest absolute Gasteiger partial charge is 0.348 e. The number of hydrogen-bond donors (Lipinski definition) is 1. The number of carbonyl (C=O) groups excluding carboxylic acids is 1. The van der Waals surface area contributed by atoms with Gasteiger partial charge in [0.15, 0.2) is 0 Å². The Morgan fingerprint density at radius 3 is 2.44 bits per heavy atom. The molecule has 3 aromatic rings. The molecule has 2 heterocycles. The number of hydrogen-bond acceptors (Lipinski definition) is 2. The van der Waals surface area contributed by atoms with Crippen LogP contribution in [0.2, 0.25) is 0 Å². The molecule has 1 unspecified atom stereocenters. The van der Waals surface area contributed by atoms with Gasteiger partial charge in [-0.2, -0.15) is 0 Å². The van der Waals surface area contributed by atoms with E-state index < -0.39 is 0 Å². The molecule has 138 valence electrons. The van der Waals surface area contributed by atoms with Crippen LogP contribution in [0.25, 0.3) is 0 Å². The van der Waals surface area contributed by atoms with Gasteiger partial charge in [-0.3, -0.25) is 9.69 Å². The van der Waals surface area contributed by atoms with Gasteiger partial charge in [0.05, 0.1) is 12.6 Å². The summed E-state index contributed by atoms with van der Waals surface area (Å²) in [6.45, 7) is 6.19. The van der Waals surface area contributed by atoms with Crippen molar-refractivity contribution in [3.05, 3.63) is 89.2 Å². The molecule has 2 aromatic carbocycles. The highest BCUT2D eigenvalue weighted by Gasteiger charge is 2.30. The van der Waals surface area contributed by atoms with Crippen LogP contribution in [0.5, 0.6) is 0 Å². The molecule has 1 amide bonds. The molecule has 1 aliphatic rings. The normalized spacial score (nSPS) is 16.7. The van der Waals surface area contributed by atoms with E-state index in [0.29, 0.717) is 6.54 Å². The van der Waals surface area contributed by atoms with Gasteiger partial charge in [-0.25, -0.2) is 0 Å². The Labute approximate surface area is 160 Å². The van der Waals surface area contributed by atoms with E-state index in [1.54, 1.807) is 0 Å². The number of rotatable bonds is 4. The first-order valence-corrected chi connectivity index (χ1v) is 9.43. The van der Waals surface area contributed by atoms with Crippen LogP contribution in [0.15, 0.2) is 66.9 Å². The van der Waals surface area contributed by atoms with Crippen LogP contribution < -0.4 is 5.32 Å². The van der Waals surface area contributed by atoms with Gasteiger partial charge >= 0.3 is 0 Å². The third-order valence-electron chi connectivity index (χ3n) is 5.35. The van der Waals surface area contributed by atoms with Gasteiger partial charge in [-0.05, 0) is 42.7 Å². The lowest BCUT2D eigenvalue weighted by Gasteiger charge is -2.37. The van der Waals surface area contributed by atoms with Gasteiger partial charge in [-0.1, -0.05) is 48.5 Å². The highest BCUT2D eigenvalue weighted by molar-refractivity contribution is 5.93. The molecule has 4 rings (SSSR count). The number of amides is 1. The number of nitrogens with zero attached hydrogens (tertiary/aromatic N) is 2. The smallest absolute Gasteiger partial charge is 0.238 e. The second-order valence-electron chi connectivity index (χ2n) is 7.23. The molecule has 1 aromatic heterocycles. The van der Waals surface area contributed by atoms with Crippen molar-refractivity contribution >= 4 is 11.6 Å². The zero-order chi connectivity index (χ0) is 18.8. The predicted molar refractivity (Wildman–Crippen MR) is 109 cm³/mol. The van der Waals surface area contributed by atoms with Crippen molar-refractivity contribution in [2.75, 3.05) is 18.4 Å². The lowest BCUT2D eigenvalue weighted by Crippen LogP contribution is -2.42. The minimum absolute atomic E-state index is 0.0355. The van der Waals surface area contributed by atoms with Crippen molar-refractivity contribution < 1.29 is 4.79 Å². The number of benzene rings is 2. The summed E-state index contributed by atoms with van der Waals surface area (Å²) in [5, 5.41) is 3.13. The van der Waals surface area contributed by atoms with E-state index in [9.17, 15) is 4.79 Å². The summed E-state index contributed by atoms with van der Waals surface area (Å²) in [5.74, 6) is 0.0355. The molecule has 0 saturated carbocycles. The van der Waals surface area contributed by atoms with Gasteiger partial charge in [0.25, 0.3) is 0 Å². The number of aryl methyl sites for hydroxylation is 2. The highest BCUT2D eigenvalue weighted by Crippen LogP contribution is 2.32. The lowest BCUT2D eigenvalue weighted by molar-refractivity contribution is -0.118. The van der Waals surface area contributed by atoms with Gasteiger partial charge in [0.1, 0.15) is 0 Å². The molecule has 0 fully saturated rings. The van der Waals surface area contributed by atoms with E-state index in [0.717, 1.165) is 29.9 Å². The Bertz CT molecular complexity index is 925. The maximum absolute atomic E-state index is 12.9. The van der Waals surface area contributed by atoms with Crippen molar-refractivity contribution in [3.63, 3.8) is 0 Å². The van der Waals surface area contributed by atoms with Crippen LogP contribution in [-0.4, -0.2) is 28.5 Å². The summed E-state index contributed by atoms with van der Waals surface area (Å²) >= 11 is 0. The second-order valence-corrected chi connectivity index (χ2v) is 7.23. The fraction of sp³-hybridized carbons (Fsp3) is 0.261. The fourth-order valence-corrected chi connectivity index (χ4v) is 3.99. The molecule has 1 N–H and O–H groups in total. The summed E-state index contributed by atoms with van der Waals surface area (Å²) in [5.41, 5.74) is 5.58. The third kappa shape index (κ3) is 3.53. The molecular formula is C23H25N3O. The van der Waals surface area contributed by atoms with Crippen molar-refractivity contribution in [3.8, 4) is 0 Å². The van der Waals surface area contributed by atoms with Gasteiger partial charge in [-0.15, -0.1) is 0 Å². The predicted octanol–water partition coefficient (Wildman–Crippen LogP) is 4.15. The number of aromatic nitrogens is 1. The Kier molecular flexibility index (Phi) is 4.82. The monoisotopic (exact) mass is 359 g/mol. The van der Waals surface area contributed by atoms with E-state index in [1.807, 2.05) is 38.1 Å². The molecular weight excluding hydrogens is 334 g/mol. The van der Waals surface area contributed by atoms with E-state index in [2.05, 4.69) is 57.4 Å². The molecule has 1 aliphatic heterocycles. The lowest BCUT2D eigenvalue weighted by atomic mass is 10.00. The average Bonchev–Trinajstić information content (AvgIpc) is 3.14. The number of anilines is 1. The van der Waals surface area contributed by atoms with Crippen molar-refractivity contribution in [2.45, 2.75) is 26.4 Å².